The van der Waals surface area contributed by atoms with Gasteiger partial charge in [-0.3, -0.25) is 4.79 Å². The first-order valence-corrected chi connectivity index (χ1v) is 26.7. The predicted molar refractivity (Wildman–Crippen MR) is 263 cm³/mol. The second kappa shape index (κ2) is 36.9. The maximum absolute atomic E-state index is 13.1. The molecule has 3 heterocycles. The molecule has 3 saturated heterocycles. The van der Waals surface area contributed by atoms with E-state index in [1.165, 1.54) is 83.5 Å². The molecular formula is C52H93NO18. The standard InChI is InChI=1S/C52H93NO18/c1-3-5-7-8-9-10-11-12-13-14-15-16-17-18-19-20-21-22-23-24-25-26-28-30-40(58)53-35(36(57)29-27-6-4-2)34-66-50-46(64)43(61)48(38(32-55)68-50)71-52-47(65)44(62)49(39(33-56)69-52)70-51-45(63)42(60)41(59)37(31-54)67-51/h11-12,14-15,27,29,35-39,41-52,54-57,59-65H,3-10,13,16-26,28,30-34H2,1-2H3,(H,53,58)/b12-11-,15-14-,29-27+. The summed E-state index contributed by atoms with van der Waals surface area (Å²) in [5.41, 5.74) is 0. The first-order chi connectivity index (χ1) is 34.3. The van der Waals surface area contributed by atoms with Gasteiger partial charge in [-0.1, -0.05) is 140 Å². The molecule has 19 heteroatoms. The normalized spacial score (nSPS) is 32.5. The van der Waals surface area contributed by atoms with Gasteiger partial charge in [-0.15, -0.1) is 0 Å². The molecule has 17 atom stereocenters. The van der Waals surface area contributed by atoms with Crippen molar-refractivity contribution in [2.24, 2.45) is 0 Å². The van der Waals surface area contributed by atoms with Crippen molar-refractivity contribution < 1.29 is 89.4 Å². The summed E-state index contributed by atoms with van der Waals surface area (Å²) in [4.78, 5) is 13.1. The maximum Gasteiger partial charge on any atom is 0.220 e. The van der Waals surface area contributed by atoms with Gasteiger partial charge in [-0.05, 0) is 44.9 Å². The van der Waals surface area contributed by atoms with Crippen molar-refractivity contribution in [3.05, 3.63) is 36.5 Å². The Labute approximate surface area is 421 Å². The molecule has 0 spiro atoms. The lowest BCUT2D eigenvalue weighted by atomic mass is 9.96. The second-order valence-corrected chi connectivity index (χ2v) is 19.3. The lowest BCUT2D eigenvalue weighted by Crippen LogP contribution is -2.66. The van der Waals surface area contributed by atoms with Crippen molar-refractivity contribution in [3.8, 4) is 0 Å². The maximum atomic E-state index is 13.1. The average Bonchev–Trinajstić information content (AvgIpc) is 3.36. The second-order valence-electron chi connectivity index (χ2n) is 19.3. The minimum absolute atomic E-state index is 0.237. The minimum atomic E-state index is -1.97. The fourth-order valence-electron chi connectivity index (χ4n) is 8.93. The fourth-order valence-corrected chi connectivity index (χ4v) is 8.93. The quantitative estimate of drug-likeness (QED) is 0.0314. The summed E-state index contributed by atoms with van der Waals surface area (Å²) < 4.78 is 33.9. The molecule has 3 aliphatic heterocycles. The van der Waals surface area contributed by atoms with E-state index in [2.05, 4.69) is 36.5 Å². The van der Waals surface area contributed by atoms with Crippen LogP contribution < -0.4 is 5.32 Å². The lowest BCUT2D eigenvalue weighted by Gasteiger charge is -2.48. The molecule has 12 N–H and O–H groups in total. The van der Waals surface area contributed by atoms with Crippen LogP contribution in [0.25, 0.3) is 0 Å². The third kappa shape index (κ3) is 22.4. The SMILES string of the molecule is CCC/C=C/C(O)C(COC1OC(CO)C(OC2OC(CO)C(OC3OC(CO)C(O)C(O)C3O)C(O)C2O)C(O)C1O)NC(=O)CCCCCCCCCCCCC/C=C\C/C=C\CCCCCCC. The largest absolute Gasteiger partial charge is 0.394 e. The van der Waals surface area contributed by atoms with Gasteiger partial charge in [0.2, 0.25) is 5.91 Å². The van der Waals surface area contributed by atoms with Crippen molar-refractivity contribution >= 4 is 5.91 Å². The highest BCUT2D eigenvalue weighted by atomic mass is 16.8. The van der Waals surface area contributed by atoms with E-state index < -0.39 is 124 Å². The number of hydrogen-bond donors (Lipinski definition) is 12. The number of nitrogens with one attached hydrogen (secondary N) is 1. The Morgan fingerprint density at radius 2 is 0.958 bits per heavy atom. The zero-order valence-electron chi connectivity index (χ0n) is 42.4. The van der Waals surface area contributed by atoms with Gasteiger partial charge in [0.1, 0.15) is 73.2 Å². The van der Waals surface area contributed by atoms with Crippen LogP contribution in [0.2, 0.25) is 0 Å². The van der Waals surface area contributed by atoms with Gasteiger partial charge in [0.05, 0.1) is 38.6 Å². The molecule has 0 radical (unpaired) electrons. The predicted octanol–water partition coefficient (Wildman–Crippen LogP) is 2.59. The number of carbonyl (C=O) groups excluding carboxylic acids is 1. The molecule has 0 saturated carbocycles. The molecule has 3 aliphatic rings. The molecule has 1 amide bonds. The Kier molecular flexibility index (Phi) is 32.9. The Hall–Kier alpha value is -1.99. The summed E-state index contributed by atoms with van der Waals surface area (Å²) in [6, 6.07) is -0.968. The van der Waals surface area contributed by atoms with Gasteiger partial charge in [0.25, 0.3) is 0 Å². The van der Waals surface area contributed by atoms with Crippen LogP contribution in [0.4, 0.5) is 0 Å². The lowest BCUT2D eigenvalue weighted by molar-refractivity contribution is -0.379. The molecule has 17 unspecified atom stereocenters. The van der Waals surface area contributed by atoms with Crippen molar-refractivity contribution in [2.45, 2.75) is 259 Å². The molecule has 3 fully saturated rings. The Balaban J connectivity index is 1.38. The monoisotopic (exact) mass is 1020 g/mol. The molecule has 19 nitrogen and oxygen atoms in total. The van der Waals surface area contributed by atoms with Gasteiger partial charge in [-0.25, -0.2) is 0 Å². The minimum Gasteiger partial charge on any atom is -0.394 e. The van der Waals surface area contributed by atoms with Crippen LogP contribution in [0.5, 0.6) is 0 Å². The van der Waals surface area contributed by atoms with Crippen LogP contribution in [0.1, 0.15) is 155 Å². The van der Waals surface area contributed by atoms with Crippen molar-refractivity contribution in [1.82, 2.24) is 5.32 Å². The van der Waals surface area contributed by atoms with Gasteiger partial charge >= 0.3 is 0 Å². The number of unbranched alkanes of at least 4 members (excludes halogenated alkanes) is 17. The zero-order valence-corrected chi connectivity index (χ0v) is 42.4. The molecule has 0 aromatic heterocycles. The van der Waals surface area contributed by atoms with Crippen LogP contribution in [0.15, 0.2) is 36.5 Å². The van der Waals surface area contributed by atoms with Gasteiger partial charge < -0.3 is 89.9 Å². The zero-order chi connectivity index (χ0) is 52.0. The summed E-state index contributed by atoms with van der Waals surface area (Å²) in [6.07, 6.45) is 9.88. The number of amides is 1. The first kappa shape index (κ1) is 63.3. The van der Waals surface area contributed by atoms with Crippen LogP contribution >= 0.6 is 0 Å². The van der Waals surface area contributed by atoms with E-state index in [0.29, 0.717) is 12.8 Å². The molecule has 3 rings (SSSR count). The summed E-state index contributed by atoms with van der Waals surface area (Å²) >= 11 is 0. The highest BCUT2D eigenvalue weighted by Crippen LogP contribution is 2.33. The van der Waals surface area contributed by atoms with Crippen molar-refractivity contribution in [3.63, 3.8) is 0 Å². The Bertz CT molecular complexity index is 1450. The number of aliphatic hydroxyl groups is 11. The van der Waals surface area contributed by atoms with Crippen LogP contribution in [0, 0.1) is 0 Å². The third-order valence-electron chi connectivity index (χ3n) is 13.4. The highest BCUT2D eigenvalue weighted by Gasteiger charge is 2.53. The number of carbonyl (C=O) groups is 1. The van der Waals surface area contributed by atoms with Gasteiger partial charge in [0, 0.05) is 6.42 Å². The number of ether oxygens (including phenoxy) is 6. The number of hydrogen-bond acceptors (Lipinski definition) is 18. The summed E-state index contributed by atoms with van der Waals surface area (Å²) in [5.74, 6) is -0.292. The molecule has 0 aliphatic carbocycles. The smallest absolute Gasteiger partial charge is 0.220 e. The Morgan fingerprint density at radius 1 is 0.507 bits per heavy atom. The highest BCUT2D eigenvalue weighted by molar-refractivity contribution is 5.76. The first-order valence-electron chi connectivity index (χ1n) is 26.7. The van der Waals surface area contributed by atoms with Crippen molar-refractivity contribution in [2.75, 3.05) is 26.4 Å². The van der Waals surface area contributed by atoms with Crippen LogP contribution in [-0.4, -0.2) is 193 Å². The summed E-state index contributed by atoms with van der Waals surface area (Å²) in [6.45, 7) is 1.45. The molecule has 0 aromatic carbocycles. The number of allylic oxidation sites excluding steroid dienone is 5. The summed E-state index contributed by atoms with van der Waals surface area (Å²) in [5, 5.41) is 119. The van der Waals surface area contributed by atoms with Crippen LogP contribution in [0.3, 0.4) is 0 Å². The van der Waals surface area contributed by atoms with E-state index in [9.17, 15) is 61.0 Å². The van der Waals surface area contributed by atoms with E-state index in [4.69, 9.17) is 28.4 Å². The topological polar surface area (TPSA) is 307 Å². The van der Waals surface area contributed by atoms with E-state index in [1.807, 2.05) is 6.92 Å². The van der Waals surface area contributed by atoms with Crippen molar-refractivity contribution in [1.29, 1.82) is 0 Å². The Morgan fingerprint density at radius 3 is 1.46 bits per heavy atom. The number of rotatable bonds is 37. The average molecular weight is 1020 g/mol. The van der Waals surface area contributed by atoms with Gasteiger partial charge in [0.15, 0.2) is 18.9 Å². The van der Waals surface area contributed by atoms with E-state index in [1.54, 1.807) is 12.2 Å². The van der Waals surface area contributed by atoms with Gasteiger partial charge in [-0.2, -0.15) is 0 Å². The van der Waals surface area contributed by atoms with E-state index >= 15 is 0 Å². The summed E-state index contributed by atoms with van der Waals surface area (Å²) in [7, 11) is 0. The molecule has 0 bridgehead atoms. The molecule has 71 heavy (non-hydrogen) atoms. The fraction of sp³-hybridized carbons (Fsp3) is 0.865. The molecule has 414 valence electrons. The van der Waals surface area contributed by atoms with Crippen LogP contribution in [-0.2, 0) is 33.2 Å². The van der Waals surface area contributed by atoms with E-state index in [0.717, 1.165) is 38.5 Å². The van der Waals surface area contributed by atoms with E-state index in [-0.39, 0.29) is 18.9 Å². The molecular weight excluding hydrogens is 927 g/mol. The third-order valence-corrected chi connectivity index (χ3v) is 13.4. The molecule has 0 aromatic rings. The number of aliphatic hydroxyl groups excluding tert-OH is 11.